The molecule has 96 valence electrons. The molecule has 0 aliphatic carbocycles. The fourth-order valence-electron chi connectivity index (χ4n) is 2.03. The number of aryl methyl sites for hydroxylation is 1. The summed E-state index contributed by atoms with van der Waals surface area (Å²) in [4.78, 5) is 12.4. The fourth-order valence-corrected chi connectivity index (χ4v) is 2.20. The van der Waals surface area contributed by atoms with Crippen molar-refractivity contribution in [2.45, 2.75) is 19.3 Å². The van der Waals surface area contributed by atoms with Gasteiger partial charge in [0.1, 0.15) is 0 Å². The van der Waals surface area contributed by atoms with Crippen LogP contribution in [0.5, 0.6) is 0 Å². The molecule has 3 nitrogen and oxygen atoms in total. The van der Waals surface area contributed by atoms with E-state index in [4.69, 9.17) is 17.3 Å². The van der Waals surface area contributed by atoms with E-state index in [1.807, 2.05) is 32.0 Å². The van der Waals surface area contributed by atoms with Crippen LogP contribution < -0.4 is 11.3 Å². The molecule has 0 amide bonds. The number of rotatable bonds is 2. The second kappa shape index (κ2) is 4.41. The van der Waals surface area contributed by atoms with Crippen molar-refractivity contribution in [1.82, 2.24) is 4.57 Å². The van der Waals surface area contributed by atoms with E-state index in [1.54, 1.807) is 17.7 Å². The average Bonchev–Trinajstić information content (AvgIpc) is 2.34. The van der Waals surface area contributed by atoms with Gasteiger partial charge in [0.25, 0.3) is 5.56 Å². The molecule has 1 aromatic heterocycles. The van der Waals surface area contributed by atoms with Crippen molar-refractivity contribution in [3.05, 3.63) is 45.2 Å². The van der Waals surface area contributed by atoms with E-state index in [1.165, 1.54) is 0 Å². The normalized spacial score (nSPS) is 12.1. The molecule has 0 saturated heterocycles. The Bertz CT molecular complexity index is 659. The number of pyridine rings is 1. The maximum atomic E-state index is 12.4. The Morgan fingerprint density at radius 1 is 1.33 bits per heavy atom. The van der Waals surface area contributed by atoms with E-state index in [0.29, 0.717) is 11.6 Å². The van der Waals surface area contributed by atoms with Crippen molar-refractivity contribution in [2.24, 2.45) is 12.8 Å². The van der Waals surface area contributed by atoms with Gasteiger partial charge in [-0.1, -0.05) is 31.5 Å². The Morgan fingerprint density at radius 3 is 2.61 bits per heavy atom. The maximum Gasteiger partial charge on any atom is 0.254 e. The number of nitrogens with zero attached hydrogens (tertiary/aromatic N) is 1. The molecular weight excluding hydrogens is 248 g/mol. The van der Waals surface area contributed by atoms with E-state index in [-0.39, 0.29) is 11.0 Å². The topological polar surface area (TPSA) is 48.0 Å². The summed E-state index contributed by atoms with van der Waals surface area (Å²) in [5, 5.41) is 1.63. The van der Waals surface area contributed by atoms with Crippen molar-refractivity contribution < 1.29 is 0 Å². The summed E-state index contributed by atoms with van der Waals surface area (Å²) in [6.45, 7) is 4.39. The summed E-state index contributed by atoms with van der Waals surface area (Å²) >= 11 is 5.96. The molecule has 0 spiro atoms. The zero-order chi connectivity index (χ0) is 13.5. The van der Waals surface area contributed by atoms with Crippen LogP contribution in [0.1, 0.15) is 19.4 Å². The molecule has 1 aromatic carbocycles. The summed E-state index contributed by atoms with van der Waals surface area (Å²) in [5.41, 5.74) is 6.99. The van der Waals surface area contributed by atoms with Crippen molar-refractivity contribution in [3.8, 4) is 0 Å². The first-order valence-electron chi connectivity index (χ1n) is 5.86. The molecule has 2 N–H and O–H groups in total. The molecule has 0 bridgehead atoms. The molecule has 0 unspecified atom stereocenters. The molecule has 0 atom stereocenters. The van der Waals surface area contributed by atoms with Crippen molar-refractivity contribution >= 4 is 22.5 Å². The van der Waals surface area contributed by atoms with E-state index in [9.17, 15) is 4.79 Å². The van der Waals surface area contributed by atoms with Gasteiger partial charge in [-0.05, 0) is 23.6 Å². The van der Waals surface area contributed by atoms with Crippen LogP contribution in [0.25, 0.3) is 10.9 Å². The van der Waals surface area contributed by atoms with Crippen LogP contribution in [-0.2, 0) is 12.5 Å². The second-order valence-corrected chi connectivity index (χ2v) is 5.65. The SMILES string of the molecule is Cn1c(=O)c(C(C)(C)CN)cc2ccc(Cl)cc21. The van der Waals surface area contributed by atoms with Gasteiger partial charge in [0.05, 0.1) is 5.52 Å². The number of benzene rings is 1. The molecule has 2 aromatic rings. The average molecular weight is 265 g/mol. The van der Waals surface area contributed by atoms with Crippen LogP contribution >= 0.6 is 11.6 Å². The molecule has 0 aliphatic rings. The molecule has 1 heterocycles. The highest BCUT2D eigenvalue weighted by molar-refractivity contribution is 6.31. The number of fused-ring (bicyclic) bond motifs is 1. The minimum Gasteiger partial charge on any atom is -0.330 e. The smallest absolute Gasteiger partial charge is 0.254 e. The van der Waals surface area contributed by atoms with Crippen LogP contribution in [0.2, 0.25) is 5.02 Å². The van der Waals surface area contributed by atoms with Gasteiger partial charge in [-0.3, -0.25) is 4.79 Å². The summed E-state index contributed by atoms with van der Waals surface area (Å²) < 4.78 is 1.63. The lowest BCUT2D eigenvalue weighted by Gasteiger charge is -2.23. The largest absolute Gasteiger partial charge is 0.330 e. The van der Waals surface area contributed by atoms with Gasteiger partial charge in [0.2, 0.25) is 0 Å². The standard InChI is InChI=1S/C14H17ClN2O/c1-14(2,8-16)11-6-9-4-5-10(15)7-12(9)17(3)13(11)18/h4-7H,8,16H2,1-3H3. The summed E-state index contributed by atoms with van der Waals surface area (Å²) in [6.07, 6.45) is 0. The highest BCUT2D eigenvalue weighted by Gasteiger charge is 2.23. The zero-order valence-electron chi connectivity index (χ0n) is 10.8. The lowest BCUT2D eigenvalue weighted by atomic mass is 9.85. The minimum absolute atomic E-state index is 0.0137. The molecule has 2 rings (SSSR count). The van der Waals surface area contributed by atoms with E-state index >= 15 is 0 Å². The predicted molar refractivity (Wildman–Crippen MR) is 76.3 cm³/mol. The first kappa shape index (κ1) is 13.1. The quantitative estimate of drug-likeness (QED) is 0.906. The van der Waals surface area contributed by atoms with Gasteiger partial charge < -0.3 is 10.3 Å². The van der Waals surface area contributed by atoms with Crippen LogP contribution in [0.4, 0.5) is 0 Å². The fraction of sp³-hybridized carbons (Fsp3) is 0.357. The second-order valence-electron chi connectivity index (χ2n) is 5.21. The number of halogens is 1. The Morgan fingerprint density at radius 2 is 2.00 bits per heavy atom. The van der Waals surface area contributed by atoms with Crippen LogP contribution in [0.15, 0.2) is 29.1 Å². The predicted octanol–water partition coefficient (Wildman–Crippen LogP) is 2.43. The third-order valence-corrected chi connectivity index (χ3v) is 3.66. The monoisotopic (exact) mass is 264 g/mol. The first-order chi connectivity index (χ1) is 8.36. The molecule has 18 heavy (non-hydrogen) atoms. The van der Waals surface area contributed by atoms with Crippen molar-refractivity contribution in [1.29, 1.82) is 0 Å². The van der Waals surface area contributed by atoms with Crippen LogP contribution in [0, 0.1) is 0 Å². The summed E-state index contributed by atoms with van der Waals surface area (Å²) in [7, 11) is 1.76. The molecule has 0 aliphatic heterocycles. The number of nitrogens with two attached hydrogens (primary N) is 1. The lowest BCUT2D eigenvalue weighted by molar-refractivity contribution is 0.529. The van der Waals surface area contributed by atoms with Gasteiger partial charge in [0, 0.05) is 29.6 Å². The number of hydrogen-bond donors (Lipinski definition) is 1. The molecular formula is C14H17ClN2O. The Balaban J connectivity index is 2.84. The highest BCUT2D eigenvalue weighted by atomic mass is 35.5. The summed E-state index contributed by atoms with van der Waals surface area (Å²) in [6, 6.07) is 7.47. The Hall–Kier alpha value is -1.32. The lowest BCUT2D eigenvalue weighted by Crippen LogP contribution is -2.36. The van der Waals surface area contributed by atoms with Crippen LogP contribution in [-0.4, -0.2) is 11.1 Å². The number of hydrogen-bond acceptors (Lipinski definition) is 2. The summed E-state index contributed by atoms with van der Waals surface area (Å²) in [5.74, 6) is 0. The molecule has 0 radical (unpaired) electrons. The van der Waals surface area contributed by atoms with Crippen LogP contribution in [0.3, 0.4) is 0 Å². The van der Waals surface area contributed by atoms with E-state index in [2.05, 4.69) is 0 Å². The zero-order valence-corrected chi connectivity index (χ0v) is 11.6. The first-order valence-corrected chi connectivity index (χ1v) is 6.24. The van der Waals surface area contributed by atoms with Gasteiger partial charge in [-0.2, -0.15) is 0 Å². The third-order valence-electron chi connectivity index (χ3n) is 3.43. The van der Waals surface area contributed by atoms with Crippen molar-refractivity contribution in [2.75, 3.05) is 6.54 Å². The van der Waals surface area contributed by atoms with Crippen molar-refractivity contribution in [3.63, 3.8) is 0 Å². The Kier molecular flexibility index (Phi) is 3.21. The van der Waals surface area contributed by atoms with Gasteiger partial charge in [-0.25, -0.2) is 0 Å². The minimum atomic E-state index is -0.331. The van der Waals surface area contributed by atoms with Gasteiger partial charge in [-0.15, -0.1) is 0 Å². The maximum absolute atomic E-state index is 12.4. The van der Waals surface area contributed by atoms with Gasteiger partial charge >= 0.3 is 0 Å². The molecule has 4 heteroatoms. The molecule has 0 fully saturated rings. The Labute approximate surface area is 111 Å². The number of aromatic nitrogens is 1. The molecule has 0 saturated carbocycles. The van der Waals surface area contributed by atoms with E-state index < -0.39 is 0 Å². The van der Waals surface area contributed by atoms with E-state index in [0.717, 1.165) is 16.5 Å². The highest BCUT2D eigenvalue weighted by Crippen LogP contribution is 2.24. The third kappa shape index (κ3) is 2.04. The van der Waals surface area contributed by atoms with Gasteiger partial charge in [0.15, 0.2) is 0 Å².